The van der Waals surface area contributed by atoms with E-state index in [1.165, 1.54) is 5.56 Å². The van der Waals surface area contributed by atoms with Gasteiger partial charge >= 0.3 is 0 Å². The van der Waals surface area contributed by atoms with Crippen LogP contribution in [-0.4, -0.2) is 100 Å². The van der Waals surface area contributed by atoms with Crippen LogP contribution in [-0.2, 0) is 22.6 Å². The molecule has 2 aromatic heterocycles. The Hall–Kier alpha value is -4.29. The molecule has 0 unspecified atom stereocenters. The number of ether oxygens (including phenoxy) is 2. The predicted molar refractivity (Wildman–Crippen MR) is 202 cm³/mol. The Labute approximate surface area is 318 Å². The summed E-state index contributed by atoms with van der Waals surface area (Å²) in [7, 11) is 3.28. The lowest BCUT2D eigenvalue weighted by molar-refractivity contribution is -0.157. The summed E-state index contributed by atoms with van der Waals surface area (Å²) in [5.74, 6) is 1.37. The Morgan fingerprint density at radius 1 is 0.887 bits per heavy atom. The number of aromatic nitrogens is 3. The van der Waals surface area contributed by atoms with E-state index in [1.54, 1.807) is 27.3 Å². The number of rotatable bonds is 8. The fraction of sp³-hybridized carbons (Fsp3) is 0.425. The van der Waals surface area contributed by atoms with Gasteiger partial charge in [0.25, 0.3) is 0 Å². The van der Waals surface area contributed by atoms with Gasteiger partial charge in [0.2, 0.25) is 23.6 Å². The molecule has 9 rings (SSSR count). The van der Waals surface area contributed by atoms with E-state index in [-0.39, 0.29) is 28.8 Å². The van der Waals surface area contributed by atoms with Gasteiger partial charge in [0.1, 0.15) is 5.69 Å². The Kier molecular flexibility index (Phi) is 8.41. The number of pyridine rings is 1. The zero-order chi connectivity index (χ0) is 36.6. The molecule has 1 N–H and O–H groups in total. The second-order valence-electron chi connectivity index (χ2n) is 15.4. The van der Waals surface area contributed by atoms with Crippen molar-refractivity contribution in [2.24, 2.45) is 5.41 Å². The predicted octanol–water partition coefficient (Wildman–Crippen LogP) is 5.81. The molecule has 6 heterocycles. The quantitative estimate of drug-likeness (QED) is 0.238. The topological polar surface area (TPSA) is 113 Å². The van der Waals surface area contributed by atoms with Crippen LogP contribution in [0.25, 0.3) is 33.6 Å². The zero-order valence-corrected chi connectivity index (χ0v) is 31.6. The molecule has 5 aliphatic rings. The standard InChI is InChI=1S/C40H41Cl2N7O4/c1-23(50)48-19-39(20-48)17-47(18-39)16-31-37(52-2)45-30(15-43-31)28-9-5-7-26(36(28)42)25-6-4-8-27(35(25)41)29-14-24-10-11-32(34(24)38(44-29)53-3)49-21-40(22-49)13-12-33(51)46-40/h4-9,14-15,32H,10-13,16-22H2,1-3H3,(H,46,51)/t32-/m0/s1. The molecule has 53 heavy (non-hydrogen) atoms. The summed E-state index contributed by atoms with van der Waals surface area (Å²) in [6.07, 6.45) is 5.14. The minimum absolute atomic E-state index is 0.0786. The van der Waals surface area contributed by atoms with Crippen molar-refractivity contribution in [2.75, 3.05) is 53.5 Å². The molecule has 1 atom stereocenters. The molecule has 13 heteroatoms. The number of likely N-dealkylation sites (tertiary alicyclic amines) is 3. The number of carbonyl (C=O) groups excluding carboxylic acids is 2. The van der Waals surface area contributed by atoms with Gasteiger partial charge in [-0.25, -0.2) is 9.97 Å². The van der Waals surface area contributed by atoms with Crippen molar-refractivity contribution in [1.29, 1.82) is 0 Å². The van der Waals surface area contributed by atoms with E-state index in [0.29, 0.717) is 40.5 Å². The molecule has 0 bridgehead atoms. The van der Waals surface area contributed by atoms with Crippen LogP contribution in [0.1, 0.15) is 49.0 Å². The molecule has 4 saturated heterocycles. The lowest BCUT2D eigenvalue weighted by Gasteiger charge is -2.60. The second-order valence-corrected chi connectivity index (χ2v) is 16.2. The maximum absolute atomic E-state index is 11.9. The molecule has 4 aliphatic heterocycles. The van der Waals surface area contributed by atoms with Crippen LogP contribution < -0.4 is 14.8 Å². The van der Waals surface area contributed by atoms with Crippen LogP contribution in [0.5, 0.6) is 11.8 Å². The SMILES string of the molecule is COc1nc(-c2cccc(-c3cccc(-c4cc5c(c(OC)n4)[C@@H](N4CC6(CCC(=O)N6)C4)CC5)c3Cl)c2Cl)cnc1CN1CC2(C1)CN(C(C)=O)C2. The summed E-state index contributed by atoms with van der Waals surface area (Å²) in [5.41, 5.74) is 7.64. The molecular formula is C40H41Cl2N7O4. The highest BCUT2D eigenvalue weighted by Gasteiger charge is 2.53. The van der Waals surface area contributed by atoms with Gasteiger partial charge in [0, 0.05) is 98.4 Å². The number of methoxy groups -OCH3 is 2. The van der Waals surface area contributed by atoms with Gasteiger partial charge in [0.15, 0.2) is 0 Å². The number of hydrogen-bond acceptors (Lipinski definition) is 9. The van der Waals surface area contributed by atoms with Gasteiger partial charge in [-0.1, -0.05) is 59.6 Å². The summed E-state index contributed by atoms with van der Waals surface area (Å²) in [4.78, 5) is 44.8. The number of amides is 2. The van der Waals surface area contributed by atoms with Crippen molar-refractivity contribution in [3.05, 3.63) is 75.5 Å². The third-order valence-electron chi connectivity index (χ3n) is 11.8. The van der Waals surface area contributed by atoms with Crippen molar-refractivity contribution >= 4 is 35.0 Å². The average molecular weight is 755 g/mol. The van der Waals surface area contributed by atoms with E-state index in [1.807, 2.05) is 41.3 Å². The fourth-order valence-electron chi connectivity index (χ4n) is 9.29. The van der Waals surface area contributed by atoms with Gasteiger partial charge < -0.3 is 19.7 Å². The van der Waals surface area contributed by atoms with E-state index >= 15 is 0 Å². The van der Waals surface area contributed by atoms with Crippen LogP contribution in [0, 0.1) is 5.41 Å². The molecule has 274 valence electrons. The van der Waals surface area contributed by atoms with E-state index in [0.717, 1.165) is 97.7 Å². The first-order valence-corrected chi connectivity index (χ1v) is 18.9. The monoisotopic (exact) mass is 753 g/mol. The van der Waals surface area contributed by atoms with Crippen molar-refractivity contribution in [3.63, 3.8) is 0 Å². The molecule has 2 amide bonds. The summed E-state index contributed by atoms with van der Waals surface area (Å²) in [5, 5.41) is 4.25. The first-order valence-electron chi connectivity index (χ1n) is 18.2. The second kappa shape index (κ2) is 12.9. The molecule has 11 nitrogen and oxygen atoms in total. The van der Waals surface area contributed by atoms with E-state index in [2.05, 4.69) is 21.2 Å². The Morgan fingerprint density at radius 2 is 1.53 bits per heavy atom. The minimum Gasteiger partial charge on any atom is -0.481 e. The number of fused-ring (bicyclic) bond motifs is 1. The Balaban J connectivity index is 0.956. The van der Waals surface area contributed by atoms with Crippen LogP contribution in [0.3, 0.4) is 0 Å². The lowest BCUT2D eigenvalue weighted by atomic mass is 9.73. The maximum atomic E-state index is 11.9. The number of carbonyl (C=O) groups is 2. The first-order chi connectivity index (χ1) is 25.6. The summed E-state index contributed by atoms with van der Waals surface area (Å²) >= 11 is 14.4. The molecule has 2 aromatic carbocycles. The highest BCUT2D eigenvalue weighted by molar-refractivity contribution is 6.39. The van der Waals surface area contributed by atoms with Crippen LogP contribution >= 0.6 is 23.2 Å². The molecule has 4 aromatic rings. The maximum Gasteiger partial charge on any atom is 0.237 e. The van der Waals surface area contributed by atoms with Crippen molar-refractivity contribution < 1.29 is 19.1 Å². The Bertz CT molecular complexity index is 2160. The van der Waals surface area contributed by atoms with Crippen LogP contribution in [0.2, 0.25) is 10.0 Å². The van der Waals surface area contributed by atoms with Crippen LogP contribution in [0.4, 0.5) is 0 Å². The van der Waals surface area contributed by atoms with Gasteiger partial charge in [0.05, 0.1) is 47.4 Å². The number of halogens is 2. The normalized spacial score (nSPS) is 21.2. The molecular weight excluding hydrogens is 713 g/mol. The molecule has 4 fully saturated rings. The summed E-state index contributed by atoms with van der Waals surface area (Å²) in [6, 6.07) is 14.1. The molecule has 1 aliphatic carbocycles. The van der Waals surface area contributed by atoms with Crippen LogP contribution in [0.15, 0.2) is 48.7 Å². The number of nitrogens with one attached hydrogen (secondary N) is 1. The average Bonchev–Trinajstić information content (AvgIpc) is 3.71. The summed E-state index contributed by atoms with van der Waals surface area (Å²) in [6.45, 7) is 7.45. The first kappa shape index (κ1) is 34.5. The summed E-state index contributed by atoms with van der Waals surface area (Å²) < 4.78 is 11.6. The molecule has 0 radical (unpaired) electrons. The lowest BCUT2D eigenvalue weighted by Crippen LogP contribution is -2.72. The zero-order valence-electron chi connectivity index (χ0n) is 30.0. The van der Waals surface area contributed by atoms with E-state index in [4.69, 9.17) is 47.6 Å². The largest absolute Gasteiger partial charge is 0.481 e. The van der Waals surface area contributed by atoms with E-state index < -0.39 is 0 Å². The van der Waals surface area contributed by atoms with Gasteiger partial charge in [-0.2, -0.15) is 0 Å². The third kappa shape index (κ3) is 5.83. The highest BCUT2D eigenvalue weighted by atomic mass is 35.5. The number of aryl methyl sites for hydroxylation is 1. The minimum atomic E-state index is -0.0786. The highest BCUT2D eigenvalue weighted by Crippen LogP contribution is 2.48. The number of hydrogen-bond donors (Lipinski definition) is 1. The molecule has 0 saturated carbocycles. The van der Waals surface area contributed by atoms with Crippen molar-refractivity contribution in [2.45, 2.75) is 50.7 Å². The van der Waals surface area contributed by atoms with Crippen molar-refractivity contribution in [1.82, 2.24) is 35.0 Å². The number of nitrogens with zero attached hydrogens (tertiary/aromatic N) is 6. The molecule has 2 spiro atoms. The van der Waals surface area contributed by atoms with E-state index in [9.17, 15) is 9.59 Å². The fourth-order valence-corrected chi connectivity index (χ4v) is 9.94. The van der Waals surface area contributed by atoms with Gasteiger partial charge in [-0.3, -0.25) is 24.4 Å². The smallest absolute Gasteiger partial charge is 0.237 e. The van der Waals surface area contributed by atoms with Gasteiger partial charge in [-0.15, -0.1) is 0 Å². The number of benzene rings is 2. The van der Waals surface area contributed by atoms with Crippen molar-refractivity contribution in [3.8, 4) is 45.4 Å². The van der Waals surface area contributed by atoms with Gasteiger partial charge in [-0.05, 0) is 30.9 Å². The third-order valence-corrected chi connectivity index (χ3v) is 12.7. The Morgan fingerprint density at radius 3 is 2.15 bits per heavy atom.